The fraction of sp³-hybridized carbons (Fsp3) is 0.200. The molecular weight excluding hydrogens is 360 g/mol. The van der Waals surface area contributed by atoms with E-state index >= 15 is 0 Å². The molecule has 0 fully saturated rings. The molecule has 0 bridgehead atoms. The summed E-state index contributed by atoms with van der Waals surface area (Å²) in [6, 6.07) is 26.0. The lowest BCUT2D eigenvalue weighted by Crippen LogP contribution is -2.24. The molecule has 0 aliphatic rings. The van der Waals surface area contributed by atoms with Crippen molar-refractivity contribution in [3.63, 3.8) is 0 Å². The van der Waals surface area contributed by atoms with Gasteiger partial charge in [0, 0.05) is 0 Å². The first-order valence-electron chi connectivity index (χ1n) is 9.86. The van der Waals surface area contributed by atoms with Gasteiger partial charge in [0.15, 0.2) is 6.61 Å². The maximum absolute atomic E-state index is 11.9. The van der Waals surface area contributed by atoms with E-state index in [2.05, 4.69) is 36.5 Å². The number of rotatable bonds is 8. The van der Waals surface area contributed by atoms with Crippen LogP contribution in [0.25, 0.3) is 11.1 Å². The molecule has 3 aromatic carbocycles. The van der Waals surface area contributed by atoms with Crippen LogP contribution in [-0.4, -0.2) is 18.7 Å². The second-order valence-electron chi connectivity index (χ2n) is 6.95. The molecule has 148 valence electrons. The smallest absolute Gasteiger partial charge is 0.277 e. The van der Waals surface area contributed by atoms with Gasteiger partial charge in [-0.15, -0.1) is 0 Å². The van der Waals surface area contributed by atoms with E-state index in [0.29, 0.717) is 11.7 Å². The van der Waals surface area contributed by atoms with E-state index in [4.69, 9.17) is 4.74 Å². The van der Waals surface area contributed by atoms with E-state index in [1.165, 1.54) is 11.1 Å². The molecule has 0 heterocycles. The topological polar surface area (TPSA) is 50.7 Å². The Labute approximate surface area is 172 Å². The Balaban J connectivity index is 1.46. The number of hydrogen-bond donors (Lipinski definition) is 1. The predicted molar refractivity (Wildman–Crippen MR) is 118 cm³/mol. The second-order valence-corrected chi connectivity index (χ2v) is 6.95. The van der Waals surface area contributed by atoms with Crippen LogP contribution in [0.2, 0.25) is 0 Å². The van der Waals surface area contributed by atoms with Crippen LogP contribution in [0.15, 0.2) is 84.0 Å². The summed E-state index contributed by atoms with van der Waals surface area (Å²) < 4.78 is 5.52. The summed E-state index contributed by atoms with van der Waals surface area (Å²) in [7, 11) is 0. The number of hydrazone groups is 1. The zero-order valence-corrected chi connectivity index (χ0v) is 16.8. The molecule has 3 aromatic rings. The van der Waals surface area contributed by atoms with Crippen molar-refractivity contribution in [2.75, 3.05) is 6.61 Å². The third kappa shape index (κ3) is 6.04. The van der Waals surface area contributed by atoms with E-state index in [1.54, 1.807) is 6.21 Å². The summed E-state index contributed by atoms with van der Waals surface area (Å²) in [4.78, 5) is 11.9. The lowest BCUT2D eigenvalue weighted by Gasteiger charge is -2.10. The highest BCUT2D eigenvalue weighted by molar-refractivity contribution is 5.83. The average Bonchev–Trinajstić information content (AvgIpc) is 2.78. The van der Waals surface area contributed by atoms with E-state index in [9.17, 15) is 4.79 Å². The lowest BCUT2D eigenvalue weighted by atomic mass is 9.99. The molecule has 0 saturated heterocycles. The van der Waals surface area contributed by atoms with Gasteiger partial charge in [-0.2, -0.15) is 5.10 Å². The molecule has 0 aliphatic carbocycles. The summed E-state index contributed by atoms with van der Waals surface area (Å²) in [5, 5.41) is 4.00. The summed E-state index contributed by atoms with van der Waals surface area (Å²) >= 11 is 0. The van der Waals surface area contributed by atoms with Crippen LogP contribution in [0.4, 0.5) is 0 Å². The first-order chi connectivity index (χ1) is 14.2. The van der Waals surface area contributed by atoms with Crippen molar-refractivity contribution in [2.24, 2.45) is 5.10 Å². The maximum Gasteiger partial charge on any atom is 0.277 e. The fourth-order valence-electron chi connectivity index (χ4n) is 2.88. The Bertz CT molecular complexity index is 933. The van der Waals surface area contributed by atoms with Gasteiger partial charge in [0.05, 0.1) is 6.21 Å². The zero-order chi connectivity index (χ0) is 20.5. The number of nitrogens with one attached hydrogen (secondary N) is 1. The average molecular weight is 386 g/mol. The number of carbonyl (C=O) groups excluding carboxylic acids is 1. The lowest BCUT2D eigenvalue weighted by molar-refractivity contribution is -0.123. The molecule has 3 rings (SSSR count). The number of amides is 1. The minimum atomic E-state index is -0.298. The predicted octanol–water partition coefficient (Wildman–Crippen LogP) is 5.40. The molecule has 0 aliphatic heterocycles. The normalized spacial score (nSPS) is 11.9. The Morgan fingerprint density at radius 2 is 1.62 bits per heavy atom. The van der Waals surface area contributed by atoms with Crippen molar-refractivity contribution < 1.29 is 9.53 Å². The summed E-state index contributed by atoms with van der Waals surface area (Å²) in [5.74, 6) is 0.893. The molecule has 1 amide bonds. The Morgan fingerprint density at radius 3 is 2.28 bits per heavy atom. The molecule has 1 unspecified atom stereocenters. The van der Waals surface area contributed by atoms with Crippen LogP contribution in [-0.2, 0) is 4.79 Å². The quantitative estimate of drug-likeness (QED) is 0.416. The summed E-state index contributed by atoms with van der Waals surface area (Å²) in [5.41, 5.74) is 6.98. The Kier molecular flexibility index (Phi) is 7.17. The molecule has 29 heavy (non-hydrogen) atoms. The third-order valence-electron chi connectivity index (χ3n) is 4.85. The van der Waals surface area contributed by atoms with Crippen LogP contribution in [0.3, 0.4) is 0 Å². The number of hydrogen-bond acceptors (Lipinski definition) is 3. The van der Waals surface area contributed by atoms with Crippen LogP contribution in [0.5, 0.6) is 5.75 Å². The SMILES string of the molecule is CCC(C)c1ccc(OCC(=O)N/N=C/c2ccc(-c3ccccc3)cc2)cc1. The van der Waals surface area contributed by atoms with Gasteiger partial charge in [-0.05, 0) is 46.7 Å². The minimum Gasteiger partial charge on any atom is -0.484 e. The third-order valence-corrected chi connectivity index (χ3v) is 4.85. The number of carbonyl (C=O) groups is 1. The van der Waals surface area contributed by atoms with Crippen LogP contribution in [0.1, 0.15) is 37.3 Å². The van der Waals surface area contributed by atoms with Crippen LogP contribution in [0, 0.1) is 0 Å². The maximum atomic E-state index is 11.9. The van der Waals surface area contributed by atoms with Crippen molar-refractivity contribution in [2.45, 2.75) is 26.2 Å². The van der Waals surface area contributed by atoms with Crippen molar-refractivity contribution in [1.29, 1.82) is 0 Å². The van der Waals surface area contributed by atoms with Gasteiger partial charge in [0.2, 0.25) is 0 Å². The Hall–Kier alpha value is -3.40. The van der Waals surface area contributed by atoms with E-state index in [-0.39, 0.29) is 12.5 Å². The van der Waals surface area contributed by atoms with Gasteiger partial charge in [0.25, 0.3) is 5.91 Å². The number of nitrogens with zero attached hydrogens (tertiary/aromatic N) is 1. The molecule has 4 nitrogen and oxygen atoms in total. The van der Waals surface area contributed by atoms with Gasteiger partial charge in [-0.1, -0.05) is 80.6 Å². The molecule has 0 spiro atoms. The molecule has 0 aromatic heterocycles. The first-order valence-corrected chi connectivity index (χ1v) is 9.86. The molecule has 0 saturated carbocycles. The largest absolute Gasteiger partial charge is 0.484 e. The highest BCUT2D eigenvalue weighted by Gasteiger charge is 2.05. The van der Waals surface area contributed by atoms with Crippen molar-refractivity contribution in [3.8, 4) is 16.9 Å². The molecule has 4 heteroatoms. The van der Waals surface area contributed by atoms with Crippen LogP contribution >= 0.6 is 0 Å². The van der Waals surface area contributed by atoms with Gasteiger partial charge in [-0.25, -0.2) is 5.43 Å². The molecular formula is C25H26N2O2. The number of ether oxygens (including phenoxy) is 1. The summed E-state index contributed by atoms with van der Waals surface area (Å²) in [6.45, 7) is 4.28. The highest BCUT2D eigenvalue weighted by atomic mass is 16.5. The standard InChI is InChI=1S/C25H26N2O2/c1-3-19(2)21-13-15-24(16-14-21)29-18-25(28)27-26-17-20-9-11-23(12-10-20)22-7-5-4-6-8-22/h4-17,19H,3,18H2,1-2H3,(H,27,28)/b26-17+. The van der Waals surface area contributed by atoms with E-state index in [1.807, 2.05) is 66.7 Å². The van der Waals surface area contributed by atoms with Crippen molar-refractivity contribution >= 4 is 12.1 Å². The van der Waals surface area contributed by atoms with Gasteiger partial charge >= 0.3 is 0 Å². The van der Waals surface area contributed by atoms with Gasteiger partial charge < -0.3 is 4.74 Å². The second kappa shape index (κ2) is 10.2. The molecule has 1 atom stereocenters. The van der Waals surface area contributed by atoms with E-state index in [0.717, 1.165) is 17.5 Å². The zero-order valence-electron chi connectivity index (χ0n) is 16.8. The first kappa shape index (κ1) is 20.3. The summed E-state index contributed by atoms with van der Waals surface area (Å²) in [6.07, 6.45) is 2.71. The fourth-order valence-corrected chi connectivity index (χ4v) is 2.88. The monoisotopic (exact) mass is 386 g/mol. The van der Waals surface area contributed by atoms with Crippen LogP contribution < -0.4 is 10.2 Å². The minimum absolute atomic E-state index is 0.0764. The number of benzene rings is 3. The highest BCUT2D eigenvalue weighted by Crippen LogP contribution is 2.21. The Morgan fingerprint density at radius 1 is 0.966 bits per heavy atom. The van der Waals surface area contributed by atoms with Gasteiger partial charge in [-0.3, -0.25) is 4.79 Å². The molecule has 1 N–H and O–H groups in total. The molecule has 0 radical (unpaired) electrons. The van der Waals surface area contributed by atoms with Crippen molar-refractivity contribution in [3.05, 3.63) is 90.0 Å². The van der Waals surface area contributed by atoms with E-state index < -0.39 is 0 Å². The van der Waals surface area contributed by atoms with Gasteiger partial charge in [0.1, 0.15) is 5.75 Å². The van der Waals surface area contributed by atoms with Crippen molar-refractivity contribution in [1.82, 2.24) is 5.43 Å².